The van der Waals surface area contributed by atoms with E-state index in [1.54, 1.807) is 6.08 Å². The molecule has 1 amide bonds. The van der Waals surface area contributed by atoms with Crippen LogP contribution in [-0.4, -0.2) is 25.0 Å². The number of hydrogen-bond acceptors (Lipinski definition) is 3. The van der Waals surface area contributed by atoms with Crippen LogP contribution in [0.25, 0.3) is 6.08 Å². The smallest absolute Gasteiger partial charge is 0.331 e. The SMILES string of the molecule is Cc1ccc(/C=C/C(=O)OCC(=O)NCC2CCCCC2)cc1. The lowest BCUT2D eigenvalue weighted by Crippen LogP contribution is -2.33. The zero-order chi connectivity index (χ0) is 16.5. The Balaban J connectivity index is 1.65. The fourth-order valence-corrected chi connectivity index (χ4v) is 2.73. The highest BCUT2D eigenvalue weighted by molar-refractivity contribution is 5.89. The lowest BCUT2D eigenvalue weighted by Gasteiger charge is -2.21. The van der Waals surface area contributed by atoms with Gasteiger partial charge in [0.2, 0.25) is 0 Å². The van der Waals surface area contributed by atoms with Crippen LogP contribution in [0.15, 0.2) is 30.3 Å². The molecule has 0 unspecified atom stereocenters. The van der Waals surface area contributed by atoms with Gasteiger partial charge in [0, 0.05) is 12.6 Å². The van der Waals surface area contributed by atoms with E-state index in [-0.39, 0.29) is 12.5 Å². The largest absolute Gasteiger partial charge is 0.452 e. The molecular formula is C19H25NO3. The van der Waals surface area contributed by atoms with E-state index in [1.165, 1.54) is 43.7 Å². The van der Waals surface area contributed by atoms with Crippen molar-refractivity contribution < 1.29 is 14.3 Å². The Morgan fingerprint density at radius 3 is 2.57 bits per heavy atom. The van der Waals surface area contributed by atoms with Crippen molar-refractivity contribution >= 4 is 18.0 Å². The molecule has 1 N–H and O–H groups in total. The van der Waals surface area contributed by atoms with E-state index in [0.717, 1.165) is 5.56 Å². The van der Waals surface area contributed by atoms with E-state index in [9.17, 15) is 9.59 Å². The molecule has 1 aromatic rings. The summed E-state index contributed by atoms with van der Waals surface area (Å²) in [5.41, 5.74) is 2.09. The van der Waals surface area contributed by atoms with Gasteiger partial charge in [0.1, 0.15) is 0 Å². The fraction of sp³-hybridized carbons (Fsp3) is 0.474. The molecule has 1 aliphatic rings. The molecule has 1 fully saturated rings. The van der Waals surface area contributed by atoms with Gasteiger partial charge in [-0.3, -0.25) is 4.79 Å². The number of nitrogens with one attached hydrogen (secondary N) is 1. The average Bonchev–Trinajstić information content (AvgIpc) is 2.58. The maximum absolute atomic E-state index is 11.7. The first kappa shape index (κ1) is 17.3. The Morgan fingerprint density at radius 1 is 1.17 bits per heavy atom. The molecule has 0 bridgehead atoms. The molecule has 23 heavy (non-hydrogen) atoms. The first-order chi connectivity index (χ1) is 11.1. The molecule has 0 radical (unpaired) electrons. The van der Waals surface area contributed by atoms with Crippen LogP contribution in [0.3, 0.4) is 0 Å². The summed E-state index contributed by atoms with van der Waals surface area (Å²) in [6.45, 7) is 2.48. The molecule has 4 nitrogen and oxygen atoms in total. The molecule has 0 aliphatic heterocycles. The summed E-state index contributed by atoms with van der Waals surface area (Å²) >= 11 is 0. The highest BCUT2D eigenvalue weighted by Gasteiger charge is 2.14. The Morgan fingerprint density at radius 2 is 1.87 bits per heavy atom. The summed E-state index contributed by atoms with van der Waals surface area (Å²) in [4.78, 5) is 23.3. The summed E-state index contributed by atoms with van der Waals surface area (Å²) in [5.74, 6) is -0.157. The van der Waals surface area contributed by atoms with Crippen LogP contribution < -0.4 is 5.32 Å². The van der Waals surface area contributed by atoms with E-state index in [0.29, 0.717) is 12.5 Å². The van der Waals surface area contributed by atoms with Crippen molar-refractivity contribution in [1.29, 1.82) is 0 Å². The van der Waals surface area contributed by atoms with Crippen molar-refractivity contribution in [3.05, 3.63) is 41.5 Å². The van der Waals surface area contributed by atoms with Crippen molar-refractivity contribution in [3.63, 3.8) is 0 Å². The maximum atomic E-state index is 11.7. The summed E-state index contributed by atoms with van der Waals surface area (Å²) in [7, 11) is 0. The van der Waals surface area contributed by atoms with Gasteiger partial charge in [-0.25, -0.2) is 4.79 Å². The molecular weight excluding hydrogens is 290 g/mol. The van der Waals surface area contributed by atoms with E-state index in [4.69, 9.17) is 4.74 Å². The van der Waals surface area contributed by atoms with Crippen molar-refractivity contribution in [2.24, 2.45) is 5.92 Å². The molecule has 4 heteroatoms. The molecule has 1 aliphatic carbocycles. The van der Waals surface area contributed by atoms with Crippen LogP contribution in [-0.2, 0) is 14.3 Å². The number of ether oxygens (including phenoxy) is 1. The Kier molecular flexibility index (Phi) is 6.85. The van der Waals surface area contributed by atoms with Crippen molar-refractivity contribution in [1.82, 2.24) is 5.32 Å². The Bertz CT molecular complexity index is 542. The summed E-state index contributed by atoms with van der Waals surface area (Å²) in [6.07, 6.45) is 9.19. The van der Waals surface area contributed by atoms with Gasteiger partial charge >= 0.3 is 5.97 Å². The molecule has 1 aromatic carbocycles. The monoisotopic (exact) mass is 315 g/mol. The standard InChI is InChI=1S/C19H25NO3/c1-15-7-9-16(10-8-15)11-12-19(22)23-14-18(21)20-13-17-5-3-2-4-6-17/h7-12,17H,2-6,13-14H2,1H3,(H,20,21)/b12-11+. The van der Waals surface area contributed by atoms with Gasteiger partial charge < -0.3 is 10.1 Å². The number of amides is 1. The minimum Gasteiger partial charge on any atom is -0.452 e. The average molecular weight is 315 g/mol. The van der Waals surface area contributed by atoms with Crippen molar-refractivity contribution in [2.45, 2.75) is 39.0 Å². The van der Waals surface area contributed by atoms with Crippen LogP contribution in [0.2, 0.25) is 0 Å². The number of aryl methyl sites for hydroxylation is 1. The quantitative estimate of drug-likeness (QED) is 0.647. The van der Waals surface area contributed by atoms with E-state index in [1.807, 2.05) is 31.2 Å². The second-order valence-electron chi connectivity index (χ2n) is 6.16. The van der Waals surface area contributed by atoms with Crippen LogP contribution in [0.1, 0.15) is 43.2 Å². The molecule has 0 spiro atoms. The number of esters is 1. The van der Waals surface area contributed by atoms with Gasteiger partial charge in [-0.15, -0.1) is 0 Å². The number of hydrogen-bond donors (Lipinski definition) is 1. The van der Waals surface area contributed by atoms with Gasteiger partial charge in [-0.05, 0) is 37.3 Å². The minimum absolute atomic E-state index is 0.218. The number of benzene rings is 1. The second-order valence-corrected chi connectivity index (χ2v) is 6.16. The first-order valence-corrected chi connectivity index (χ1v) is 8.31. The third kappa shape index (κ3) is 6.68. The van der Waals surface area contributed by atoms with E-state index >= 15 is 0 Å². The predicted molar refractivity (Wildman–Crippen MR) is 90.8 cm³/mol. The van der Waals surface area contributed by atoms with Crippen molar-refractivity contribution in [2.75, 3.05) is 13.2 Å². The molecule has 1 saturated carbocycles. The molecule has 0 aromatic heterocycles. The Hall–Kier alpha value is -2.10. The minimum atomic E-state index is -0.501. The zero-order valence-corrected chi connectivity index (χ0v) is 13.7. The van der Waals surface area contributed by atoms with Gasteiger partial charge in [-0.1, -0.05) is 49.1 Å². The van der Waals surface area contributed by atoms with Crippen LogP contribution in [0.4, 0.5) is 0 Å². The van der Waals surface area contributed by atoms with Gasteiger partial charge in [0.25, 0.3) is 5.91 Å². The number of carbonyl (C=O) groups excluding carboxylic acids is 2. The maximum Gasteiger partial charge on any atom is 0.331 e. The third-order valence-electron chi connectivity index (χ3n) is 4.15. The summed E-state index contributed by atoms with van der Waals surface area (Å²) < 4.78 is 4.95. The van der Waals surface area contributed by atoms with E-state index in [2.05, 4.69) is 5.32 Å². The van der Waals surface area contributed by atoms with Gasteiger partial charge in [0.05, 0.1) is 0 Å². The van der Waals surface area contributed by atoms with Gasteiger partial charge in [0.15, 0.2) is 6.61 Å². The van der Waals surface area contributed by atoms with Crippen molar-refractivity contribution in [3.8, 4) is 0 Å². The second kappa shape index (κ2) is 9.13. The topological polar surface area (TPSA) is 55.4 Å². The lowest BCUT2D eigenvalue weighted by molar-refractivity contribution is -0.143. The van der Waals surface area contributed by atoms with Crippen LogP contribution in [0, 0.1) is 12.8 Å². The lowest BCUT2D eigenvalue weighted by atomic mass is 9.89. The van der Waals surface area contributed by atoms with Gasteiger partial charge in [-0.2, -0.15) is 0 Å². The molecule has 0 atom stereocenters. The third-order valence-corrected chi connectivity index (χ3v) is 4.15. The first-order valence-electron chi connectivity index (χ1n) is 8.31. The summed E-state index contributed by atoms with van der Waals surface area (Å²) in [6, 6.07) is 7.80. The predicted octanol–water partition coefficient (Wildman–Crippen LogP) is 3.25. The fourth-order valence-electron chi connectivity index (χ4n) is 2.73. The van der Waals surface area contributed by atoms with Crippen LogP contribution in [0.5, 0.6) is 0 Å². The Labute approximate surface area is 137 Å². The highest BCUT2D eigenvalue weighted by atomic mass is 16.5. The summed E-state index contributed by atoms with van der Waals surface area (Å²) in [5, 5.41) is 2.85. The highest BCUT2D eigenvalue weighted by Crippen LogP contribution is 2.22. The molecule has 0 saturated heterocycles. The number of carbonyl (C=O) groups is 2. The number of rotatable bonds is 6. The van der Waals surface area contributed by atoms with E-state index < -0.39 is 5.97 Å². The molecule has 2 rings (SSSR count). The zero-order valence-electron chi connectivity index (χ0n) is 13.7. The normalized spacial score (nSPS) is 15.5. The molecule has 124 valence electrons. The molecule has 0 heterocycles. The van der Waals surface area contributed by atoms with Crippen LogP contribution >= 0.6 is 0 Å².